The molecule has 0 bridgehead atoms. The van der Waals surface area contributed by atoms with Gasteiger partial charge in [-0.25, -0.2) is 9.18 Å². The van der Waals surface area contributed by atoms with Gasteiger partial charge in [0.05, 0.1) is 16.8 Å². The Morgan fingerprint density at radius 1 is 1.04 bits per heavy atom. The van der Waals surface area contributed by atoms with Gasteiger partial charge in [-0.15, -0.1) is 0 Å². The summed E-state index contributed by atoms with van der Waals surface area (Å²) in [5.41, 5.74) is -1.45. The van der Waals surface area contributed by atoms with Gasteiger partial charge in [-0.1, -0.05) is 18.2 Å². The summed E-state index contributed by atoms with van der Waals surface area (Å²) in [6.07, 6.45) is -4.60. The van der Waals surface area contributed by atoms with Gasteiger partial charge in [-0.3, -0.25) is 4.79 Å². The van der Waals surface area contributed by atoms with E-state index in [1.807, 2.05) is 0 Å². The number of amides is 1. The van der Waals surface area contributed by atoms with Crippen LogP contribution in [0.25, 0.3) is 0 Å². The average molecular weight is 341 g/mol. The Kier molecular flexibility index (Phi) is 5.18. The van der Waals surface area contributed by atoms with Gasteiger partial charge in [0.15, 0.2) is 6.61 Å². The second-order valence-electron chi connectivity index (χ2n) is 4.68. The zero-order valence-corrected chi connectivity index (χ0v) is 12.1. The summed E-state index contributed by atoms with van der Waals surface area (Å²) in [5, 5.41) is 2.18. The third-order valence-electron chi connectivity index (χ3n) is 2.91. The summed E-state index contributed by atoms with van der Waals surface area (Å²) in [6.45, 7) is -0.761. The van der Waals surface area contributed by atoms with Crippen molar-refractivity contribution in [1.29, 1.82) is 0 Å². The van der Waals surface area contributed by atoms with Crippen LogP contribution in [-0.4, -0.2) is 18.5 Å². The number of hydrogen-bond acceptors (Lipinski definition) is 3. The molecule has 24 heavy (non-hydrogen) atoms. The fourth-order valence-corrected chi connectivity index (χ4v) is 1.79. The molecule has 1 amide bonds. The molecule has 0 aromatic heterocycles. The first kappa shape index (κ1) is 17.5. The van der Waals surface area contributed by atoms with Crippen LogP contribution in [0, 0.1) is 5.82 Å². The summed E-state index contributed by atoms with van der Waals surface area (Å²) in [5.74, 6) is -2.58. The van der Waals surface area contributed by atoms with Gasteiger partial charge < -0.3 is 10.1 Å². The summed E-state index contributed by atoms with van der Waals surface area (Å²) in [4.78, 5) is 23.3. The standard InChI is InChI=1S/C16H11F4NO3/c17-12-6-1-2-7-13(12)21-14(22)9-24-15(23)10-4-3-5-11(8-10)16(18,19)20/h1-8H,9H2,(H,21,22). The molecule has 126 valence electrons. The molecule has 0 saturated carbocycles. The summed E-state index contributed by atoms with van der Waals surface area (Å²) in [7, 11) is 0. The second kappa shape index (κ2) is 7.12. The smallest absolute Gasteiger partial charge is 0.416 e. The number of benzene rings is 2. The van der Waals surface area contributed by atoms with Crippen molar-refractivity contribution in [3.05, 3.63) is 65.5 Å². The van der Waals surface area contributed by atoms with Crippen molar-refractivity contribution in [2.24, 2.45) is 0 Å². The molecular weight excluding hydrogens is 330 g/mol. The number of esters is 1. The Bertz CT molecular complexity index is 759. The first-order chi connectivity index (χ1) is 11.3. The molecule has 0 aliphatic heterocycles. The fraction of sp³-hybridized carbons (Fsp3) is 0.125. The lowest BCUT2D eigenvalue weighted by Crippen LogP contribution is -2.21. The van der Waals surface area contributed by atoms with E-state index in [1.165, 1.54) is 18.2 Å². The van der Waals surface area contributed by atoms with Gasteiger partial charge >= 0.3 is 12.1 Å². The highest BCUT2D eigenvalue weighted by Crippen LogP contribution is 2.29. The van der Waals surface area contributed by atoms with Crippen LogP contribution in [0.3, 0.4) is 0 Å². The van der Waals surface area contributed by atoms with E-state index in [0.717, 1.165) is 24.3 Å². The number of carbonyl (C=O) groups is 2. The SMILES string of the molecule is O=C(COC(=O)c1cccc(C(F)(F)F)c1)Nc1ccccc1F. The molecule has 0 aliphatic carbocycles. The van der Waals surface area contributed by atoms with Crippen LogP contribution in [0.2, 0.25) is 0 Å². The molecule has 0 radical (unpaired) electrons. The highest BCUT2D eigenvalue weighted by Gasteiger charge is 2.31. The van der Waals surface area contributed by atoms with Crippen molar-refractivity contribution in [3.8, 4) is 0 Å². The third kappa shape index (κ3) is 4.55. The summed E-state index contributed by atoms with van der Waals surface area (Å²) < 4.78 is 55.7. The fourth-order valence-electron chi connectivity index (χ4n) is 1.79. The van der Waals surface area contributed by atoms with Crippen molar-refractivity contribution < 1.29 is 31.9 Å². The summed E-state index contributed by atoms with van der Waals surface area (Å²) >= 11 is 0. The van der Waals surface area contributed by atoms with E-state index in [2.05, 4.69) is 10.1 Å². The van der Waals surface area contributed by atoms with E-state index in [9.17, 15) is 27.2 Å². The number of rotatable bonds is 4. The van der Waals surface area contributed by atoms with Crippen LogP contribution in [-0.2, 0) is 15.7 Å². The van der Waals surface area contributed by atoms with E-state index >= 15 is 0 Å². The topological polar surface area (TPSA) is 55.4 Å². The van der Waals surface area contributed by atoms with Crippen molar-refractivity contribution >= 4 is 17.6 Å². The number of ether oxygens (including phenoxy) is 1. The average Bonchev–Trinajstić information content (AvgIpc) is 2.54. The lowest BCUT2D eigenvalue weighted by atomic mass is 10.1. The quantitative estimate of drug-likeness (QED) is 0.682. The first-order valence-electron chi connectivity index (χ1n) is 6.66. The molecule has 1 N–H and O–H groups in total. The van der Waals surface area contributed by atoms with E-state index in [-0.39, 0.29) is 11.3 Å². The first-order valence-corrected chi connectivity index (χ1v) is 6.66. The van der Waals surface area contributed by atoms with Crippen molar-refractivity contribution in [3.63, 3.8) is 0 Å². The van der Waals surface area contributed by atoms with Gasteiger partial charge in [0, 0.05) is 0 Å². The Balaban J connectivity index is 1.96. The Morgan fingerprint density at radius 2 is 1.75 bits per heavy atom. The largest absolute Gasteiger partial charge is 0.452 e. The monoisotopic (exact) mass is 341 g/mol. The summed E-state index contributed by atoms with van der Waals surface area (Å²) in [6, 6.07) is 8.97. The van der Waals surface area contributed by atoms with Gasteiger partial charge in [-0.2, -0.15) is 13.2 Å². The van der Waals surface area contributed by atoms with Gasteiger partial charge in [-0.05, 0) is 30.3 Å². The number of halogens is 4. The van der Waals surface area contributed by atoms with Crippen LogP contribution in [0.4, 0.5) is 23.2 Å². The minimum absolute atomic E-state index is 0.0994. The molecule has 0 heterocycles. The van der Waals surface area contributed by atoms with Gasteiger partial charge in [0.1, 0.15) is 5.82 Å². The predicted molar refractivity (Wildman–Crippen MR) is 76.8 cm³/mol. The lowest BCUT2D eigenvalue weighted by Gasteiger charge is -2.09. The highest BCUT2D eigenvalue weighted by atomic mass is 19.4. The number of carbonyl (C=O) groups excluding carboxylic acids is 2. The molecule has 2 rings (SSSR count). The minimum atomic E-state index is -4.60. The predicted octanol–water partition coefficient (Wildman–Crippen LogP) is 3.64. The van der Waals surface area contributed by atoms with Crippen LogP contribution in [0.1, 0.15) is 15.9 Å². The van der Waals surface area contributed by atoms with Crippen LogP contribution in [0.15, 0.2) is 48.5 Å². The van der Waals surface area contributed by atoms with E-state index in [1.54, 1.807) is 0 Å². The van der Waals surface area contributed by atoms with Crippen LogP contribution >= 0.6 is 0 Å². The van der Waals surface area contributed by atoms with Gasteiger partial charge in [0.25, 0.3) is 5.91 Å². The Hall–Kier alpha value is -2.90. The number of para-hydroxylation sites is 1. The number of nitrogens with one attached hydrogen (secondary N) is 1. The Labute approximate surface area is 134 Å². The van der Waals surface area contributed by atoms with E-state index in [0.29, 0.717) is 6.07 Å². The van der Waals surface area contributed by atoms with E-state index < -0.39 is 36.0 Å². The highest BCUT2D eigenvalue weighted by molar-refractivity contribution is 5.95. The third-order valence-corrected chi connectivity index (χ3v) is 2.91. The lowest BCUT2D eigenvalue weighted by molar-refractivity contribution is -0.137. The number of hydrogen-bond donors (Lipinski definition) is 1. The number of anilines is 1. The maximum Gasteiger partial charge on any atom is 0.416 e. The zero-order chi connectivity index (χ0) is 17.7. The van der Waals surface area contributed by atoms with Crippen LogP contribution < -0.4 is 5.32 Å². The molecule has 0 unspecified atom stereocenters. The number of alkyl halides is 3. The molecule has 0 saturated heterocycles. The van der Waals surface area contributed by atoms with Crippen molar-refractivity contribution in [2.45, 2.75) is 6.18 Å². The van der Waals surface area contributed by atoms with Crippen molar-refractivity contribution in [1.82, 2.24) is 0 Å². The van der Waals surface area contributed by atoms with Crippen LogP contribution in [0.5, 0.6) is 0 Å². The van der Waals surface area contributed by atoms with E-state index in [4.69, 9.17) is 0 Å². The minimum Gasteiger partial charge on any atom is -0.452 e. The second-order valence-corrected chi connectivity index (χ2v) is 4.68. The molecule has 4 nitrogen and oxygen atoms in total. The Morgan fingerprint density at radius 3 is 2.42 bits per heavy atom. The molecule has 2 aromatic rings. The normalized spacial score (nSPS) is 11.0. The molecule has 8 heteroatoms. The molecule has 0 spiro atoms. The van der Waals surface area contributed by atoms with Crippen molar-refractivity contribution in [2.75, 3.05) is 11.9 Å². The maximum absolute atomic E-state index is 13.3. The molecular formula is C16H11F4NO3. The van der Waals surface area contributed by atoms with Gasteiger partial charge in [0.2, 0.25) is 0 Å². The maximum atomic E-state index is 13.3. The molecule has 2 aromatic carbocycles. The molecule has 0 atom stereocenters. The zero-order valence-electron chi connectivity index (χ0n) is 12.1. The molecule has 0 fully saturated rings. The molecule has 0 aliphatic rings.